The van der Waals surface area contributed by atoms with Gasteiger partial charge < -0.3 is 15.4 Å². The molecule has 0 aromatic carbocycles. The number of aryl methyl sites for hydroxylation is 1. The van der Waals surface area contributed by atoms with Crippen LogP contribution in [0.4, 0.5) is 0 Å². The smallest absolute Gasteiger partial charge is 0.262 e. The standard InChI is InChI=1S/C9H9N5O2S/c1-5-4-16-9(13-5)17-7-3-11-6(2-12-7)8(10)14-15/h2-4,15H,1H3,(H2,10,14). The van der Waals surface area contributed by atoms with Gasteiger partial charge in [0.1, 0.15) is 17.0 Å². The highest BCUT2D eigenvalue weighted by molar-refractivity contribution is 7.99. The third-order valence-corrected chi connectivity index (χ3v) is 2.57. The minimum atomic E-state index is -0.0824. The molecular weight excluding hydrogens is 242 g/mol. The summed E-state index contributed by atoms with van der Waals surface area (Å²) < 4.78 is 5.16. The maximum Gasteiger partial charge on any atom is 0.262 e. The highest BCUT2D eigenvalue weighted by Gasteiger charge is 2.07. The summed E-state index contributed by atoms with van der Waals surface area (Å²) in [6.07, 6.45) is 4.46. The molecule has 8 heteroatoms. The molecule has 0 aliphatic heterocycles. The van der Waals surface area contributed by atoms with Gasteiger partial charge >= 0.3 is 0 Å². The number of hydrogen-bond acceptors (Lipinski definition) is 7. The second kappa shape index (κ2) is 4.83. The highest BCUT2D eigenvalue weighted by atomic mass is 32.2. The molecule has 2 heterocycles. The van der Waals surface area contributed by atoms with Crippen molar-refractivity contribution < 1.29 is 9.62 Å². The second-order valence-electron chi connectivity index (χ2n) is 3.08. The number of nitrogens with zero attached hydrogens (tertiary/aromatic N) is 4. The van der Waals surface area contributed by atoms with E-state index in [1.54, 1.807) is 6.26 Å². The van der Waals surface area contributed by atoms with Crippen LogP contribution in [0.5, 0.6) is 0 Å². The highest BCUT2D eigenvalue weighted by Crippen LogP contribution is 2.24. The summed E-state index contributed by atoms with van der Waals surface area (Å²) in [5.41, 5.74) is 6.47. The van der Waals surface area contributed by atoms with E-state index in [2.05, 4.69) is 20.1 Å². The third-order valence-electron chi connectivity index (χ3n) is 1.79. The molecule has 0 aliphatic carbocycles. The molecule has 2 rings (SSSR count). The predicted octanol–water partition coefficient (Wildman–Crippen LogP) is 1.02. The molecule has 0 saturated carbocycles. The number of rotatable bonds is 3. The predicted molar refractivity (Wildman–Crippen MR) is 59.9 cm³/mol. The first-order chi connectivity index (χ1) is 8.19. The summed E-state index contributed by atoms with van der Waals surface area (Å²) in [7, 11) is 0. The van der Waals surface area contributed by atoms with Crippen molar-refractivity contribution in [1.82, 2.24) is 15.0 Å². The van der Waals surface area contributed by atoms with Crippen molar-refractivity contribution in [2.24, 2.45) is 10.9 Å². The summed E-state index contributed by atoms with van der Waals surface area (Å²) in [6.45, 7) is 1.83. The molecule has 0 aliphatic rings. The van der Waals surface area contributed by atoms with Crippen molar-refractivity contribution in [3.8, 4) is 0 Å². The molecule has 0 atom stereocenters. The molecule has 0 saturated heterocycles. The van der Waals surface area contributed by atoms with Gasteiger partial charge in [0, 0.05) is 0 Å². The van der Waals surface area contributed by atoms with Crippen molar-refractivity contribution in [1.29, 1.82) is 0 Å². The third kappa shape index (κ3) is 2.72. The quantitative estimate of drug-likeness (QED) is 0.362. The molecule has 2 aromatic heterocycles. The molecule has 3 N–H and O–H groups in total. The molecule has 0 fully saturated rings. The normalized spacial score (nSPS) is 11.7. The molecule has 0 bridgehead atoms. The van der Waals surface area contributed by atoms with Crippen molar-refractivity contribution in [3.05, 3.63) is 30.0 Å². The van der Waals surface area contributed by atoms with Gasteiger partial charge in [0.05, 0.1) is 18.1 Å². The van der Waals surface area contributed by atoms with Crippen LogP contribution in [-0.4, -0.2) is 26.0 Å². The Morgan fingerprint density at radius 1 is 1.47 bits per heavy atom. The summed E-state index contributed by atoms with van der Waals surface area (Å²) in [4.78, 5) is 12.2. The number of oxazole rings is 1. The topological polar surface area (TPSA) is 110 Å². The number of amidine groups is 1. The Morgan fingerprint density at radius 3 is 2.82 bits per heavy atom. The Bertz CT molecular complexity index is 537. The lowest BCUT2D eigenvalue weighted by Gasteiger charge is -1.98. The van der Waals surface area contributed by atoms with Crippen LogP contribution in [0.2, 0.25) is 0 Å². The largest absolute Gasteiger partial charge is 0.439 e. The van der Waals surface area contributed by atoms with Crippen LogP contribution in [0, 0.1) is 6.92 Å². The minimum absolute atomic E-state index is 0.0824. The van der Waals surface area contributed by atoms with Crippen molar-refractivity contribution >= 4 is 17.6 Å². The van der Waals surface area contributed by atoms with Crippen LogP contribution in [0.25, 0.3) is 0 Å². The molecule has 0 amide bonds. The summed E-state index contributed by atoms with van der Waals surface area (Å²) in [6, 6.07) is 0. The van der Waals surface area contributed by atoms with Gasteiger partial charge in [-0.3, -0.25) is 0 Å². The molecule has 88 valence electrons. The van der Waals surface area contributed by atoms with Crippen LogP contribution in [0.15, 0.2) is 38.5 Å². The zero-order valence-corrected chi connectivity index (χ0v) is 9.68. The van der Waals surface area contributed by atoms with E-state index in [9.17, 15) is 0 Å². The molecule has 0 unspecified atom stereocenters. The number of aromatic nitrogens is 3. The number of oxime groups is 1. The van der Waals surface area contributed by atoms with Crippen molar-refractivity contribution in [2.75, 3.05) is 0 Å². The van der Waals surface area contributed by atoms with E-state index in [4.69, 9.17) is 15.4 Å². The fourth-order valence-corrected chi connectivity index (χ4v) is 1.70. The van der Waals surface area contributed by atoms with Crippen LogP contribution in [0.1, 0.15) is 11.4 Å². The molecule has 0 radical (unpaired) electrons. The van der Waals surface area contributed by atoms with E-state index in [0.717, 1.165) is 5.69 Å². The minimum Gasteiger partial charge on any atom is -0.439 e. The summed E-state index contributed by atoms with van der Waals surface area (Å²) in [5, 5.41) is 12.4. The Labute approximate surface area is 101 Å². The first-order valence-corrected chi connectivity index (χ1v) is 5.40. The lowest BCUT2D eigenvalue weighted by atomic mass is 10.4. The second-order valence-corrected chi connectivity index (χ2v) is 4.05. The van der Waals surface area contributed by atoms with Gasteiger partial charge in [-0.25, -0.2) is 15.0 Å². The zero-order valence-electron chi connectivity index (χ0n) is 8.86. The van der Waals surface area contributed by atoms with E-state index >= 15 is 0 Å². The number of hydrogen-bond donors (Lipinski definition) is 2. The summed E-state index contributed by atoms with van der Waals surface area (Å²) in [5.74, 6) is -0.0824. The first kappa shape index (κ1) is 11.4. The molecule has 17 heavy (non-hydrogen) atoms. The first-order valence-electron chi connectivity index (χ1n) is 4.59. The average Bonchev–Trinajstić information content (AvgIpc) is 2.75. The van der Waals surface area contributed by atoms with Crippen LogP contribution in [-0.2, 0) is 0 Å². The fourth-order valence-electron chi connectivity index (χ4n) is 1.02. The maximum atomic E-state index is 8.46. The van der Waals surface area contributed by atoms with E-state index in [0.29, 0.717) is 15.9 Å². The lowest BCUT2D eigenvalue weighted by Crippen LogP contribution is -2.15. The Morgan fingerprint density at radius 2 is 2.29 bits per heavy atom. The van der Waals surface area contributed by atoms with Crippen molar-refractivity contribution in [2.45, 2.75) is 17.2 Å². The molecule has 2 aromatic rings. The van der Waals surface area contributed by atoms with Gasteiger partial charge in [0.25, 0.3) is 5.22 Å². The molecule has 7 nitrogen and oxygen atoms in total. The number of nitrogens with two attached hydrogens (primary N) is 1. The van der Waals surface area contributed by atoms with E-state index in [-0.39, 0.29) is 5.84 Å². The van der Waals surface area contributed by atoms with Gasteiger partial charge in [-0.05, 0) is 18.7 Å². The van der Waals surface area contributed by atoms with Crippen LogP contribution in [0.3, 0.4) is 0 Å². The molecular formula is C9H9N5O2S. The Kier molecular flexibility index (Phi) is 3.24. The van der Waals surface area contributed by atoms with Crippen molar-refractivity contribution in [3.63, 3.8) is 0 Å². The average molecular weight is 251 g/mol. The van der Waals surface area contributed by atoms with Crippen LogP contribution >= 0.6 is 11.8 Å². The lowest BCUT2D eigenvalue weighted by molar-refractivity contribution is 0.318. The van der Waals surface area contributed by atoms with Gasteiger partial charge in [0.2, 0.25) is 0 Å². The monoisotopic (exact) mass is 251 g/mol. The van der Waals surface area contributed by atoms with E-state index in [1.807, 2.05) is 6.92 Å². The van der Waals surface area contributed by atoms with Gasteiger partial charge in [-0.2, -0.15) is 0 Å². The fraction of sp³-hybridized carbons (Fsp3) is 0.111. The SMILES string of the molecule is Cc1coc(Sc2cnc(C(N)=NO)cn2)n1. The van der Waals surface area contributed by atoms with Gasteiger partial charge in [-0.15, -0.1) is 0 Å². The van der Waals surface area contributed by atoms with Gasteiger partial charge in [0.15, 0.2) is 5.84 Å². The maximum absolute atomic E-state index is 8.46. The molecule has 0 spiro atoms. The van der Waals surface area contributed by atoms with E-state index < -0.39 is 0 Å². The Hall–Kier alpha value is -2.09. The van der Waals surface area contributed by atoms with Gasteiger partial charge in [-0.1, -0.05) is 5.16 Å². The van der Waals surface area contributed by atoms with Crippen LogP contribution < -0.4 is 5.73 Å². The zero-order chi connectivity index (χ0) is 12.3. The van der Waals surface area contributed by atoms with E-state index in [1.165, 1.54) is 24.2 Å². The Balaban J connectivity index is 2.13. The summed E-state index contributed by atoms with van der Waals surface area (Å²) >= 11 is 1.24.